The van der Waals surface area contributed by atoms with Crippen LogP contribution in [0.5, 0.6) is 0 Å². The highest BCUT2D eigenvalue weighted by molar-refractivity contribution is 6.32. The van der Waals surface area contributed by atoms with E-state index in [9.17, 15) is 4.79 Å². The molecule has 3 aromatic rings. The van der Waals surface area contributed by atoms with Gasteiger partial charge in [-0.25, -0.2) is 14.6 Å². The molecular formula is C19H19ClN6O. The van der Waals surface area contributed by atoms with Crippen LogP contribution in [0.15, 0.2) is 55.0 Å². The van der Waals surface area contributed by atoms with Crippen LogP contribution in [0.2, 0.25) is 5.02 Å². The Kier molecular flexibility index (Phi) is 6.17. The van der Waals surface area contributed by atoms with Crippen molar-refractivity contribution in [1.29, 1.82) is 0 Å². The third-order valence-electron chi connectivity index (χ3n) is 3.66. The summed E-state index contributed by atoms with van der Waals surface area (Å²) >= 11 is 6.05. The van der Waals surface area contributed by atoms with E-state index < -0.39 is 0 Å². The molecule has 2 aromatic heterocycles. The predicted octanol–water partition coefficient (Wildman–Crippen LogP) is 2.87. The van der Waals surface area contributed by atoms with Crippen molar-refractivity contribution in [2.24, 2.45) is 0 Å². The Labute approximate surface area is 162 Å². The zero-order valence-electron chi connectivity index (χ0n) is 14.8. The number of aryl methyl sites for hydroxylation is 1. The van der Waals surface area contributed by atoms with Gasteiger partial charge in [0.1, 0.15) is 12.1 Å². The standard InChI is InChI=1S/C19H19ClN6O/c1-14-8-11-26(25-14)18-12-17(23-13-24-18)21-9-10-22-19(27)7-6-15-4-2-3-5-16(15)20/h2-8,11-13H,9-10H2,1H3,(H,22,27)(H,21,23,24)/b7-6+. The van der Waals surface area contributed by atoms with Crippen molar-refractivity contribution in [2.45, 2.75) is 6.92 Å². The molecule has 0 fully saturated rings. The minimum Gasteiger partial charge on any atom is -0.368 e. The molecule has 0 saturated heterocycles. The summed E-state index contributed by atoms with van der Waals surface area (Å²) in [6, 6.07) is 11.0. The number of carbonyl (C=O) groups excluding carboxylic acids is 1. The van der Waals surface area contributed by atoms with Crippen molar-refractivity contribution in [3.05, 3.63) is 71.3 Å². The van der Waals surface area contributed by atoms with Crippen LogP contribution in [0.3, 0.4) is 0 Å². The Morgan fingerprint density at radius 1 is 1.22 bits per heavy atom. The lowest BCUT2D eigenvalue weighted by molar-refractivity contribution is -0.116. The third-order valence-corrected chi connectivity index (χ3v) is 4.00. The lowest BCUT2D eigenvalue weighted by Gasteiger charge is -2.07. The number of hydrogen-bond acceptors (Lipinski definition) is 5. The molecule has 0 unspecified atom stereocenters. The molecular weight excluding hydrogens is 364 g/mol. The molecule has 0 atom stereocenters. The van der Waals surface area contributed by atoms with Gasteiger partial charge in [-0.3, -0.25) is 4.79 Å². The van der Waals surface area contributed by atoms with E-state index in [2.05, 4.69) is 25.7 Å². The SMILES string of the molecule is Cc1ccn(-c2cc(NCCNC(=O)/C=C/c3ccccc3Cl)ncn2)n1. The molecule has 8 heteroatoms. The summed E-state index contributed by atoms with van der Waals surface area (Å²) < 4.78 is 1.68. The molecule has 0 aliphatic rings. The zero-order chi connectivity index (χ0) is 19.1. The van der Waals surface area contributed by atoms with Crippen LogP contribution in [-0.4, -0.2) is 38.7 Å². The number of rotatable bonds is 7. The average molecular weight is 383 g/mol. The molecule has 0 bridgehead atoms. The van der Waals surface area contributed by atoms with Crippen molar-refractivity contribution in [1.82, 2.24) is 25.1 Å². The highest BCUT2D eigenvalue weighted by atomic mass is 35.5. The van der Waals surface area contributed by atoms with Crippen molar-refractivity contribution in [3.63, 3.8) is 0 Å². The van der Waals surface area contributed by atoms with Crippen molar-refractivity contribution < 1.29 is 4.79 Å². The molecule has 138 valence electrons. The monoisotopic (exact) mass is 382 g/mol. The molecule has 0 aliphatic carbocycles. The molecule has 7 nitrogen and oxygen atoms in total. The summed E-state index contributed by atoms with van der Waals surface area (Å²) in [7, 11) is 0. The average Bonchev–Trinajstić information content (AvgIpc) is 3.11. The Balaban J connectivity index is 1.46. The maximum absolute atomic E-state index is 11.9. The van der Waals surface area contributed by atoms with Crippen molar-refractivity contribution in [2.75, 3.05) is 18.4 Å². The molecule has 0 aliphatic heterocycles. The number of halogens is 1. The number of hydrogen-bond donors (Lipinski definition) is 2. The Morgan fingerprint density at radius 2 is 2.07 bits per heavy atom. The summed E-state index contributed by atoms with van der Waals surface area (Å²) in [5.74, 6) is 1.15. The maximum Gasteiger partial charge on any atom is 0.244 e. The highest BCUT2D eigenvalue weighted by Crippen LogP contribution is 2.16. The summed E-state index contributed by atoms with van der Waals surface area (Å²) in [5, 5.41) is 10.9. The van der Waals surface area contributed by atoms with Crippen LogP contribution in [0.4, 0.5) is 5.82 Å². The molecule has 1 amide bonds. The second kappa shape index (κ2) is 8.95. The minimum atomic E-state index is -0.188. The number of nitrogens with zero attached hydrogens (tertiary/aromatic N) is 4. The minimum absolute atomic E-state index is 0.188. The predicted molar refractivity (Wildman–Crippen MR) is 106 cm³/mol. The molecule has 2 N–H and O–H groups in total. The van der Waals surface area contributed by atoms with Gasteiger partial charge in [-0.05, 0) is 30.7 Å². The van der Waals surface area contributed by atoms with E-state index in [1.165, 1.54) is 12.4 Å². The fourth-order valence-electron chi connectivity index (χ4n) is 2.32. The van der Waals surface area contributed by atoms with E-state index in [0.29, 0.717) is 29.7 Å². The molecule has 1 aromatic carbocycles. The van der Waals surface area contributed by atoms with Gasteiger partial charge in [-0.1, -0.05) is 29.8 Å². The lowest BCUT2D eigenvalue weighted by Crippen LogP contribution is -2.27. The van der Waals surface area contributed by atoms with Crippen molar-refractivity contribution in [3.8, 4) is 5.82 Å². The Morgan fingerprint density at radius 3 is 2.85 bits per heavy atom. The summed E-state index contributed by atoms with van der Waals surface area (Å²) in [6.45, 7) is 2.89. The smallest absolute Gasteiger partial charge is 0.244 e. The van der Waals surface area contributed by atoms with Gasteiger partial charge in [0.05, 0.1) is 5.69 Å². The quantitative estimate of drug-likeness (QED) is 0.485. The molecule has 0 radical (unpaired) electrons. The van der Waals surface area contributed by atoms with Crippen LogP contribution in [0.1, 0.15) is 11.3 Å². The van der Waals surface area contributed by atoms with Gasteiger partial charge in [0.2, 0.25) is 5.91 Å². The van der Waals surface area contributed by atoms with E-state index in [0.717, 1.165) is 11.3 Å². The van der Waals surface area contributed by atoms with E-state index in [4.69, 9.17) is 11.6 Å². The van der Waals surface area contributed by atoms with E-state index in [1.807, 2.05) is 37.4 Å². The first-order chi connectivity index (χ1) is 13.1. The Bertz CT molecular complexity index is 953. The van der Waals surface area contributed by atoms with E-state index in [1.54, 1.807) is 22.9 Å². The fraction of sp³-hybridized carbons (Fsp3) is 0.158. The van der Waals surface area contributed by atoms with Crippen LogP contribution in [0.25, 0.3) is 11.9 Å². The molecule has 0 saturated carbocycles. The second-order valence-electron chi connectivity index (χ2n) is 5.74. The first-order valence-corrected chi connectivity index (χ1v) is 8.78. The van der Waals surface area contributed by atoms with Crippen LogP contribution in [0, 0.1) is 6.92 Å². The first-order valence-electron chi connectivity index (χ1n) is 8.41. The van der Waals surface area contributed by atoms with Crippen LogP contribution in [-0.2, 0) is 4.79 Å². The number of aromatic nitrogens is 4. The lowest BCUT2D eigenvalue weighted by atomic mass is 10.2. The topological polar surface area (TPSA) is 84.7 Å². The van der Waals surface area contributed by atoms with Gasteiger partial charge in [0.15, 0.2) is 5.82 Å². The van der Waals surface area contributed by atoms with E-state index >= 15 is 0 Å². The number of benzene rings is 1. The summed E-state index contributed by atoms with van der Waals surface area (Å²) in [4.78, 5) is 20.2. The fourth-order valence-corrected chi connectivity index (χ4v) is 2.52. The normalized spacial score (nSPS) is 10.9. The highest BCUT2D eigenvalue weighted by Gasteiger charge is 2.03. The van der Waals surface area contributed by atoms with Crippen molar-refractivity contribution >= 4 is 29.4 Å². The van der Waals surface area contributed by atoms with Crippen LogP contribution >= 0.6 is 11.6 Å². The van der Waals surface area contributed by atoms with Gasteiger partial charge < -0.3 is 10.6 Å². The van der Waals surface area contributed by atoms with E-state index in [-0.39, 0.29) is 5.91 Å². The summed E-state index contributed by atoms with van der Waals surface area (Å²) in [5.41, 5.74) is 1.71. The Hall–Kier alpha value is -3.19. The first kappa shape index (κ1) is 18.6. The molecule has 3 rings (SSSR count). The van der Waals surface area contributed by atoms with Gasteiger partial charge in [0, 0.05) is 36.5 Å². The zero-order valence-corrected chi connectivity index (χ0v) is 15.5. The molecule has 27 heavy (non-hydrogen) atoms. The van der Waals surface area contributed by atoms with Crippen LogP contribution < -0.4 is 10.6 Å². The molecule has 0 spiro atoms. The number of carbonyl (C=O) groups is 1. The third kappa shape index (κ3) is 5.39. The number of anilines is 1. The van der Waals surface area contributed by atoms with Gasteiger partial charge in [-0.2, -0.15) is 5.10 Å². The second-order valence-corrected chi connectivity index (χ2v) is 6.14. The number of nitrogens with one attached hydrogen (secondary N) is 2. The summed E-state index contributed by atoms with van der Waals surface area (Å²) in [6.07, 6.45) is 6.46. The maximum atomic E-state index is 11.9. The molecule has 2 heterocycles. The largest absolute Gasteiger partial charge is 0.368 e. The van der Waals surface area contributed by atoms with Gasteiger partial charge >= 0.3 is 0 Å². The van der Waals surface area contributed by atoms with Gasteiger partial charge in [0.25, 0.3) is 0 Å². The van der Waals surface area contributed by atoms with Gasteiger partial charge in [-0.15, -0.1) is 0 Å². The number of amides is 1.